The lowest BCUT2D eigenvalue weighted by Crippen LogP contribution is -2.46. The molecule has 1 aromatic rings. The van der Waals surface area contributed by atoms with E-state index >= 15 is 0 Å². The fraction of sp³-hybridized carbons (Fsp3) is 0.500. The number of carbonyl (C=O) groups is 1. The van der Waals surface area contributed by atoms with Gasteiger partial charge >= 0.3 is 0 Å². The number of ether oxygens (including phenoxy) is 1. The number of primary amides is 1. The van der Waals surface area contributed by atoms with Crippen LogP contribution in [0.5, 0.6) is 5.75 Å². The van der Waals surface area contributed by atoms with E-state index in [1.165, 1.54) is 0 Å². The Hall–Kier alpha value is -1.11. The zero-order chi connectivity index (χ0) is 15.2. The average Bonchev–Trinajstić information content (AvgIpc) is 2.32. The van der Waals surface area contributed by atoms with Gasteiger partial charge in [0.15, 0.2) is 0 Å². The second-order valence-electron chi connectivity index (χ2n) is 5.33. The largest absolute Gasteiger partial charge is 0.491 e. The molecule has 0 aliphatic heterocycles. The predicted molar refractivity (Wildman–Crippen MR) is 81.5 cm³/mol. The van der Waals surface area contributed by atoms with Gasteiger partial charge in [0.2, 0.25) is 5.91 Å². The summed E-state index contributed by atoms with van der Waals surface area (Å²) in [5.41, 5.74) is 4.72. The first-order valence-electron chi connectivity index (χ1n) is 6.38. The van der Waals surface area contributed by atoms with E-state index in [1.807, 2.05) is 38.1 Å². The number of benzene rings is 1. The molecule has 0 fully saturated rings. The second-order valence-corrected chi connectivity index (χ2v) is 6.25. The number of β-amino-alcohol motifs (C(OH)–C–C–N with tert-alkyl or cyclic N) is 1. The number of hydrogen-bond donors (Lipinski definition) is 3. The number of nitrogens with two attached hydrogens (primary N) is 1. The molecule has 0 saturated carbocycles. The second kappa shape index (κ2) is 7.61. The van der Waals surface area contributed by atoms with Crippen molar-refractivity contribution in [3.8, 4) is 5.75 Å². The molecule has 0 aliphatic rings. The lowest BCUT2D eigenvalue weighted by Gasteiger charge is -2.26. The van der Waals surface area contributed by atoms with Crippen LogP contribution in [0.15, 0.2) is 28.7 Å². The summed E-state index contributed by atoms with van der Waals surface area (Å²) in [4.78, 5) is 10.9. The average molecular weight is 345 g/mol. The fourth-order valence-corrected chi connectivity index (χ4v) is 2.08. The minimum atomic E-state index is -0.666. The maximum atomic E-state index is 10.9. The van der Waals surface area contributed by atoms with Crippen molar-refractivity contribution in [2.24, 2.45) is 5.73 Å². The van der Waals surface area contributed by atoms with E-state index in [0.717, 1.165) is 4.47 Å². The van der Waals surface area contributed by atoms with Gasteiger partial charge in [0.25, 0.3) is 0 Å². The highest BCUT2D eigenvalue weighted by Crippen LogP contribution is 2.17. The van der Waals surface area contributed by atoms with Crippen molar-refractivity contribution < 1.29 is 14.6 Å². The molecule has 0 aliphatic carbocycles. The summed E-state index contributed by atoms with van der Waals surface area (Å²) >= 11 is 3.35. The Morgan fingerprint density at radius 2 is 2.25 bits per heavy atom. The van der Waals surface area contributed by atoms with E-state index < -0.39 is 11.6 Å². The molecule has 0 heterocycles. The molecule has 6 heteroatoms. The van der Waals surface area contributed by atoms with Crippen molar-refractivity contribution in [1.29, 1.82) is 0 Å². The molecule has 1 amide bonds. The molecule has 5 nitrogen and oxygen atoms in total. The van der Waals surface area contributed by atoms with Gasteiger partial charge < -0.3 is 20.9 Å². The van der Waals surface area contributed by atoms with Crippen LogP contribution in [0.3, 0.4) is 0 Å². The molecule has 112 valence electrons. The number of aliphatic hydroxyl groups excluding tert-OH is 1. The molecule has 0 aromatic heterocycles. The Bertz CT molecular complexity index is 452. The number of amides is 1. The minimum Gasteiger partial charge on any atom is -0.491 e. The highest BCUT2D eigenvalue weighted by atomic mass is 79.9. The molecule has 1 unspecified atom stereocenters. The highest BCUT2D eigenvalue weighted by Gasteiger charge is 2.21. The van der Waals surface area contributed by atoms with Gasteiger partial charge in [-0.25, -0.2) is 0 Å². The molecule has 0 radical (unpaired) electrons. The molecule has 20 heavy (non-hydrogen) atoms. The van der Waals surface area contributed by atoms with E-state index in [9.17, 15) is 9.90 Å². The first-order valence-corrected chi connectivity index (χ1v) is 7.17. The number of halogens is 1. The number of nitrogens with one attached hydrogen (secondary N) is 1. The minimum absolute atomic E-state index is 0.177. The van der Waals surface area contributed by atoms with Crippen molar-refractivity contribution >= 4 is 21.8 Å². The van der Waals surface area contributed by atoms with Crippen LogP contribution in [0.1, 0.15) is 20.3 Å². The summed E-state index contributed by atoms with van der Waals surface area (Å²) in [7, 11) is 0. The van der Waals surface area contributed by atoms with Gasteiger partial charge in [-0.1, -0.05) is 22.0 Å². The monoisotopic (exact) mass is 344 g/mol. The van der Waals surface area contributed by atoms with Crippen molar-refractivity contribution in [2.75, 3.05) is 13.2 Å². The van der Waals surface area contributed by atoms with Gasteiger partial charge in [0.05, 0.1) is 0 Å². The Labute approximate surface area is 127 Å². The van der Waals surface area contributed by atoms with E-state index in [1.54, 1.807) is 0 Å². The van der Waals surface area contributed by atoms with Crippen LogP contribution < -0.4 is 15.8 Å². The third-order valence-corrected chi connectivity index (χ3v) is 3.16. The molecular formula is C14H21BrN2O3. The molecule has 0 spiro atoms. The quantitative estimate of drug-likeness (QED) is 0.666. The van der Waals surface area contributed by atoms with Gasteiger partial charge in [0, 0.05) is 23.0 Å². The van der Waals surface area contributed by atoms with E-state index in [-0.39, 0.29) is 18.9 Å². The highest BCUT2D eigenvalue weighted by molar-refractivity contribution is 9.10. The molecule has 1 atom stereocenters. The summed E-state index contributed by atoms with van der Waals surface area (Å²) < 4.78 is 6.40. The maximum absolute atomic E-state index is 10.9. The van der Waals surface area contributed by atoms with E-state index in [0.29, 0.717) is 12.3 Å². The summed E-state index contributed by atoms with van der Waals surface area (Å²) in [6.45, 7) is 4.23. The fourth-order valence-electron chi connectivity index (χ4n) is 1.70. The lowest BCUT2D eigenvalue weighted by molar-refractivity contribution is -0.119. The molecule has 0 saturated heterocycles. The van der Waals surface area contributed by atoms with Gasteiger partial charge in [0.1, 0.15) is 18.5 Å². The van der Waals surface area contributed by atoms with Gasteiger partial charge in [-0.15, -0.1) is 0 Å². The third-order valence-electron chi connectivity index (χ3n) is 2.67. The first-order chi connectivity index (χ1) is 9.28. The zero-order valence-electron chi connectivity index (χ0n) is 11.7. The van der Waals surface area contributed by atoms with Gasteiger partial charge in [-0.05, 0) is 32.0 Å². The summed E-state index contributed by atoms with van der Waals surface area (Å²) in [6.07, 6.45) is -0.451. The van der Waals surface area contributed by atoms with Crippen molar-refractivity contribution in [1.82, 2.24) is 5.32 Å². The van der Waals surface area contributed by atoms with Crippen molar-refractivity contribution in [3.05, 3.63) is 28.7 Å². The summed E-state index contributed by atoms with van der Waals surface area (Å²) in [6, 6.07) is 7.41. The van der Waals surface area contributed by atoms with Crippen molar-refractivity contribution in [3.63, 3.8) is 0 Å². The summed E-state index contributed by atoms with van der Waals surface area (Å²) in [5.74, 6) is 0.317. The van der Waals surface area contributed by atoms with Crippen LogP contribution in [0.4, 0.5) is 0 Å². The molecule has 1 aromatic carbocycles. The Morgan fingerprint density at radius 3 is 2.85 bits per heavy atom. The first kappa shape index (κ1) is 16.9. The van der Waals surface area contributed by atoms with Crippen LogP contribution in [0.2, 0.25) is 0 Å². The SMILES string of the molecule is CC(C)(CC(N)=O)NCC(O)COc1cccc(Br)c1. The van der Waals surface area contributed by atoms with Crippen molar-refractivity contribution in [2.45, 2.75) is 31.9 Å². The van der Waals surface area contributed by atoms with Crippen LogP contribution >= 0.6 is 15.9 Å². The number of hydrogen-bond acceptors (Lipinski definition) is 4. The standard InChI is InChI=1S/C14H21BrN2O3/c1-14(2,7-13(16)19)17-8-11(18)9-20-12-5-3-4-10(15)6-12/h3-6,11,17-18H,7-9H2,1-2H3,(H2,16,19). The molecule has 1 rings (SSSR count). The van der Waals surface area contributed by atoms with Gasteiger partial charge in [-0.2, -0.15) is 0 Å². The zero-order valence-corrected chi connectivity index (χ0v) is 13.3. The molecule has 4 N–H and O–H groups in total. The maximum Gasteiger partial charge on any atom is 0.219 e. The summed E-state index contributed by atoms with van der Waals surface area (Å²) in [5, 5.41) is 13.0. The molecular weight excluding hydrogens is 324 g/mol. The predicted octanol–water partition coefficient (Wildman–Crippen LogP) is 1.43. The Kier molecular flexibility index (Phi) is 6.45. The smallest absolute Gasteiger partial charge is 0.219 e. The number of carbonyl (C=O) groups excluding carboxylic acids is 1. The van der Waals surface area contributed by atoms with E-state index in [4.69, 9.17) is 10.5 Å². The topological polar surface area (TPSA) is 84.6 Å². The Balaban J connectivity index is 2.33. The van der Waals surface area contributed by atoms with Crippen LogP contribution in [-0.4, -0.2) is 35.8 Å². The third kappa shape index (κ3) is 6.88. The number of rotatable bonds is 8. The number of aliphatic hydroxyl groups is 1. The van der Waals surface area contributed by atoms with Crippen LogP contribution in [0.25, 0.3) is 0 Å². The van der Waals surface area contributed by atoms with Crippen LogP contribution in [-0.2, 0) is 4.79 Å². The Morgan fingerprint density at radius 1 is 1.55 bits per heavy atom. The van der Waals surface area contributed by atoms with E-state index in [2.05, 4.69) is 21.2 Å². The normalized spacial score (nSPS) is 13.0. The van der Waals surface area contributed by atoms with Gasteiger partial charge in [-0.3, -0.25) is 4.79 Å². The molecule has 0 bridgehead atoms. The van der Waals surface area contributed by atoms with Crippen LogP contribution in [0, 0.1) is 0 Å². The lowest BCUT2D eigenvalue weighted by atomic mass is 10.0.